The molecule has 2 aliphatic rings. The molecule has 1 aromatic rings. The minimum Gasteiger partial charge on any atom is -0.490 e. The Bertz CT molecular complexity index is 754. The number of rotatable bonds is 6. The van der Waals surface area contributed by atoms with Crippen LogP contribution in [-0.2, 0) is 4.74 Å². The van der Waals surface area contributed by atoms with Crippen LogP contribution in [-0.4, -0.2) is 94.5 Å². The number of ether oxygens (including phenoxy) is 2. The summed E-state index contributed by atoms with van der Waals surface area (Å²) in [4.78, 5) is 15.2. The van der Waals surface area contributed by atoms with E-state index in [-0.39, 0.29) is 31.9 Å². The molecule has 3 N–H and O–H groups in total. The Morgan fingerprint density at radius 2 is 1.81 bits per heavy atom. The summed E-state index contributed by atoms with van der Waals surface area (Å²) < 4.78 is 37.1. The van der Waals surface area contributed by atoms with Gasteiger partial charge in [-0.15, -0.1) is 0 Å². The minimum absolute atomic E-state index is 0.0237. The van der Waals surface area contributed by atoms with Gasteiger partial charge in [0.1, 0.15) is 29.6 Å². The van der Waals surface area contributed by atoms with Gasteiger partial charge in [0, 0.05) is 50.9 Å². The molecule has 0 radical (unpaired) electrons. The van der Waals surface area contributed by atoms with Crippen LogP contribution in [0.1, 0.15) is 26.2 Å². The summed E-state index contributed by atoms with van der Waals surface area (Å²) in [7, 11) is 0. The maximum absolute atomic E-state index is 13.4. The molecule has 174 valence electrons. The Hall–Kier alpha value is -2.01. The molecule has 0 aromatic heterocycles. The van der Waals surface area contributed by atoms with E-state index in [1.165, 1.54) is 0 Å². The molecule has 31 heavy (non-hydrogen) atoms. The number of piperidine rings is 2. The van der Waals surface area contributed by atoms with E-state index in [0.29, 0.717) is 45.1 Å². The fourth-order valence-corrected chi connectivity index (χ4v) is 4.14. The number of nitrogens with zero attached hydrogens (tertiary/aromatic N) is 2. The normalized spacial score (nSPS) is 26.5. The molecule has 1 amide bonds. The first-order valence-corrected chi connectivity index (χ1v) is 10.5. The number of β-amino-alcohol motifs (C(OH)–C–C–N with tert-alkyl or cyclic N) is 2. The Kier molecular flexibility index (Phi) is 7.35. The molecule has 0 bridgehead atoms. The SMILES string of the molecule is CCOC(=O)N1CCC(O)(CN2CC[C@H](O)[C@@](O)(COc3cc(F)cc(F)c3)C2)CC1. The Balaban J connectivity index is 1.56. The molecule has 10 heteroatoms. The number of carbonyl (C=O) groups is 1. The van der Waals surface area contributed by atoms with Crippen LogP contribution >= 0.6 is 0 Å². The third-order valence-corrected chi connectivity index (χ3v) is 5.90. The summed E-state index contributed by atoms with van der Waals surface area (Å²) in [6.45, 7) is 3.14. The quantitative estimate of drug-likeness (QED) is 0.604. The highest BCUT2D eigenvalue weighted by Gasteiger charge is 2.44. The van der Waals surface area contributed by atoms with Crippen molar-refractivity contribution in [3.63, 3.8) is 0 Å². The number of hydrogen-bond donors (Lipinski definition) is 3. The smallest absolute Gasteiger partial charge is 0.409 e. The number of carbonyl (C=O) groups excluding carboxylic acids is 1. The zero-order valence-electron chi connectivity index (χ0n) is 17.6. The molecule has 1 aromatic carbocycles. The molecule has 2 fully saturated rings. The molecule has 3 rings (SSSR count). The second-order valence-corrected chi connectivity index (χ2v) is 8.42. The van der Waals surface area contributed by atoms with Crippen molar-refractivity contribution in [2.24, 2.45) is 0 Å². The van der Waals surface area contributed by atoms with Crippen LogP contribution < -0.4 is 4.74 Å². The first kappa shape index (κ1) is 23.6. The highest BCUT2D eigenvalue weighted by Crippen LogP contribution is 2.29. The molecule has 2 saturated heterocycles. The van der Waals surface area contributed by atoms with Gasteiger partial charge in [-0.2, -0.15) is 0 Å². The van der Waals surface area contributed by atoms with Crippen molar-refractivity contribution in [3.8, 4) is 5.75 Å². The van der Waals surface area contributed by atoms with Gasteiger partial charge in [0.2, 0.25) is 0 Å². The van der Waals surface area contributed by atoms with E-state index in [4.69, 9.17) is 9.47 Å². The van der Waals surface area contributed by atoms with Crippen LogP contribution in [0.3, 0.4) is 0 Å². The largest absolute Gasteiger partial charge is 0.490 e. The first-order valence-electron chi connectivity index (χ1n) is 10.5. The van der Waals surface area contributed by atoms with E-state index < -0.39 is 35.0 Å². The van der Waals surface area contributed by atoms with Crippen molar-refractivity contribution < 1.29 is 38.4 Å². The van der Waals surface area contributed by atoms with Crippen LogP contribution in [0.5, 0.6) is 5.75 Å². The maximum Gasteiger partial charge on any atom is 0.409 e. The van der Waals surface area contributed by atoms with Crippen molar-refractivity contribution in [2.45, 2.75) is 43.5 Å². The summed E-state index contributed by atoms with van der Waals surface area (Å²) >= 11 is 0. The van der Waals surface area contributed by atoms with Crippen LogP contribution in [0, 0.1) is 11.6 Å². The van der Waals surface area contributed by atoms with Crippen LogP contribution in [0.25, 0.3) is 0 Å². The monoisotopic (exact) mass is 444 g/mol. The van der Waals surface area contributed by atoms with Crippen LogP contribution in [0.15, 0.2) is 18.2 Å². The molecule has 0 spiro atoms. The van der Waals surface area contributed by atoms with Crippen molar-refractivity contribution in [1.82, 2.24) is 9.80 Å². The lowest BCUT2D eigenvalue weighted by Gasteiger charge is -2.46. The zero-order valence-corrected chi connectivity index (χ0v) is 17.6. The summed E-state index contributed by atoms with van der Waals surface area (Å²) in [5.41, 5.74) is -2.71. The molecule has 2 aliphatic heterocycles. The van der Waals surface area contributed by atoms with Crippen LogP contribution in [0.2, 0.25) is 0 Å². The van der Waals surface area contributed by atoms with Crippen molar-refractivity contribution >= 4 is 6.09 Å². The molecule has 0 aliphatic carbocycles. The number of amides is 1. The molecule has 2 atom stereocenters. The van der Waals surface area contributed by atoms with Gasteiger partial charge >= 0.3 is 6.09 Å². The average Bonchev–Trinajstić information content (AvgIpc) is 2.69. The number of hydrogen-bond acceptors (Lipinski definition) is 7. The van der Waals surface area contributed by atoms with Gasteiger partial charge in [-0.1, -0.05) is 0 Å². The van der Waals surface area contributed by atoms with Gasteiger partial charge in [0.15, 0.2) is 0 Å². The standard InChI is InChI=1S/C21H30F2N2O6/c1-2-30-19(27)25-7-4-20(28,5-8-25)12-24-6-3-18(26)21(29,13-24)14-31-17-10-15(22)9-16(23)11-17/h9-11,18,26,28-29H,2-8,12-14H2,1H3/t18-,21-/m0/s1. The summed E-state index contributed by atoms with van der Waals surface area (Å²) in [6, 6.07) is 2.71. The van der Waals surface area contributed by atoms with E-state index in [1.807, 2.05) is 4.90 Å². The maximum atomic E-state index is 13.4. The molecule has 0 unspecified atom stereocenters. The lowest BCUT2D eigenvalue weighted by atomic mass is 9.86. The van der Waals surface area contributed by atoms with E-state index >= 15 is 0 Å². The molecule has 2 heterocycles. The zero-order chi connectivity index (χ0) is 22.6. The van der Waals surface area contributed by atoms with Gasteiger partial charge < -0.3 is 29.7 Å². The van der Waals surface area contributed by atoms with Gasteiger partial charge in [0.05, 0.1) is 18.3 Å². The van der Waals surface area contributed by atoms with Gasteiger partial charge in [0.25, 0.3) is 0 Å². The molecule has 8 nitrogen and oxygen atoms in total. The molecular formula is C21H30F2N2O6. The number of aliphatic hydroxyl groups excluding tert-OH is 1. The van der Waals surface area contributed by atoms with Gasteiger partial charge in [-0.25, -0.2) is 13.6 Å². The molecular weight excluding hydrogens is 414 g/mol. The number of likely N-dealkylation sites (tertiary alicyclic amines) is 2. The summed E-state index contributed by atoms with van der Waals surface area (Å²) in [5.74, 6) is -1.69. The molecule has 0 saturated carbocycles. The van der Waals surface area contributed by atoms with E-state index in [0.717, 1.165) is 12.1 Å². The fraction of sp³-hybridized carbons (Fsp3) is 0.667. The predicted octanol–water partition coefficient (Wildman–Crippen LogP) is 1.12. The van der Waals surface area contributed by atoms with Crippen molar-refractivity contribution in [3.05, 3.63) is 29.8 Å². The summed E-state index contributed by atoms with van der Waals surface area (Å²) in [5, 5.41) is 32.2. The lowest BCUT2D eigenvalue weighted by molar-refractivity contribution is -0.150. The van der Waals surface area contributed by atoms with Crippen molar-refractivity contribution in [1.29, 1.82) is 0 Å². The number of aliphatic hydroxyl groups is 3. The van der Waals surface area contributed by atoms with Crippen LogP contribution in [0.4, 0.5) is 13.6 Å². The van der Waals surface area contributed by atoms with E-state index in [9.17, 15) is 28.9 Å². The van der Waals surface area contributed by atoms with Crippen molar-refractivity contribution in [2.75, 3.05) is 45.9 Å². The van der Waals surface area contributed by atoms with E-state index in [2.05, 4.69) is 0 Å². The second kappa shape index (κ2) is 9.64. The third-order valence-electron chi connectivity index (χ3n) is 5.90. The Labute approximate surface area is 180 Å². The number of halogens is 2. The first-order chi connectivity index (χ1) is 14.6. The third kappa shape index (κ3) is 6.03. The lowest BCUT2D eigenvalue weighted by Crippen LogP contribution is -2.62. The minimum atomic E-state index is -1.66. The van der Waals surface area contributed by atoms with Gasteiger partial charge in [-0.05, 0) is 26.2 Å². The Morgan fingerprint density at radius 1 is 1.16 bits per heavy atom. The average molecular weight is 444 g/mol. The Morgan fingerprint density at radius 3 is 2.42 bits per heavy atom. The highest BCUT2D eigenvalue weighted by molar-refractivity contribution is 5.67. The fourth-order valence-electron chi connectivity index (χ4n) is 4.14. The van der Waals surface area contributed by atoms with Gasteiger partial charge in [-0.3, -0.25) is 4.90 Å². The second-order valence-electron chi connectivity index (χ2n) is 8.42. The number of benzene rings is 1. The summed E-state index contributed by atoms with van der Waals surface area (Å²) in [6.07, 6.45) is -0.499. The highest BCUT2D eigenvalue weighted by atomic mass is 19.1. The topological polar surface area (TPSA) is 103 Å². The predicted molar refractivity (Wildman–Crippen MR) is 107 cm³/mol. The van der Waals surface area contributed by atoms with E-state index in [1.54, 1.807) is 11.8 Å².